The number of methoxy groups -OCH3 is 1. The number of ether oxygens (including phenoxy) is 2. The Hall–Kier alpha value is -2.84. The summed E-state index contributed by atoms with van der Waals surface area (Å²) < 4.78 is 52.4. The highest BCUT2D eigenvalue weighted by Gasteiger charge is 2.20. The van der Waals surface area contributed by atoms with Crippen LogP contribution in [0.15, 0.2) is 41.3 Å². The fraction of sp³-hybridized carbons (Fsp3) is 0.158. The van der Waals surface area contributed by atoms with Gasteiger partial charge in [-0.1, -0.05) is 11.6 Å². The lowest BCUT2D eigenvalue weighted by molar-refractivity contribution is 0.0386. The van der Waals surface area contributed by atoms with Gasteiger partial charge in [-0.2, -0.15) is 0 Å². The summed E-state index contributed by atoms with van der Waals surface area (Å²) in [6.07, 6.45) is 1.05. The van der Waals surface area contributed by atoms with Crippen molar-refractivity contribution in [3.63, 3.8) is 0 Å². The fourth-order valence-electron chi connectivity index (χ4n) is 2.64. The number of hydrogen-bond donors (Lipinski definition) is 0. The number of fused-ring (bicyclic) bond motifs is 1. The minimum absolute atomic E-state index is 0.0374. The molecule has 0 N–H and O–H groups in total. The first-order valence-electron chi connectivity index (χ1n) is 7.99. The molecule has 3 rings (SSSR count). The summed E-state index contributed by atoms with van der Waals surface area (Å²) in [5.41, 5.74) is -1.39. The highest BCUT2D eigenvalue weighted by Crippen LogP contribution is 2.25. The average Bonchev–Trinajstić information content (AvgIpc) is 2.64. The zero-order chi connectivity index (χ0) is 20.4. The Labute approximate surface area is 161 Å². The topological polar surface area (TPSA) is 57.5 Å². The Kier molecular flexibility index (Phi) is 5.71. The molecule has 0 radical (unpaired) electrons. The molecular formula is C19H13ClF3NO4. The largest absolute Gasteiger partial charge is 0.459 e. The third-order valence-corrected chi connectivity index (χ3v) is 4.25. The third kappa shape index (κ3) is 3.74. The van der Waals surface area contributed by atoms with Crippen LogP contribution in [0.2, 0.25) is 5.02 Å². The maximum absolute atomic E-state index is 14.3. The number of benzene rings is 2. The van der Waals surface area contributed by atoms with Gasteiger partial charge in [0.1, 0.15) is 29.6 Å². The SMILES string of the molecule is COCCOC(=O)c1cn(-c2ccc(F)cc2F)c2cc(Cl)c(F)cc2c1=O. The standard InChI is InChI=1S/C19H13ClF3NO4/c1-27-4-5-28-19(26)12-9-24(16-3-2-10(21)6-15(16)23)17-8-13(20)14(22)7-11(17)18(12)25/h2-3,6-9H,4-5H2,1H3. The van der Waals surface area contributed by atoms with E-state index in [-0.39, 0.29) is 34.8 Å². The molecule has 0 unspecified atom stereocenters. The Morgan fingerprint density at radius 2 is 1.86 bits per heavy atom. The van der Waals surface area contributed by atoms with Crippen molar-refractivity contribution in [2.45, 2.75) is 0 Å². The van der Waals surface area contributed by atoms with E-state index in [0.717, 1.165) is 35.0 Å². The Balaban J connectivity index is 2.29. The molecule has 0 aliphatic heterocycles. The lowest BCUT2D eigenvalue weighted by Gasteiger charge is -2.15. The number of hydrogen-bond acceptors (Lipinski definition) is 4. The first-order valence-corrected chi connectivity index (χ1v) is 8.37. The van der Waals surface area contributed by atoms with Crippen LogP contribution >= 0.6 is 11.6 Å². The quantitative estimate of drug-likeness (QED) is 0.472. The molecule has 0 spiro atoms. The van der Waals surface area contributed by atoms with Gasteiger partial charge in [-0.3, -0.25) is 4.79 Å². The van der Waals surface area contributed by atoms with Crippen LogP contribution < -0.4 is 5.43 Å². The van der Waals surface area contributed by atoms with E-state index in [9.17, 15) is 22.8 Å². The molecule has 0 atom stereocenters. The van der Waals surface area contributed by atoms with Crippen LogP contribution in [0, 0.1) is 17.5 Å². The van der Waals surface area contributed by atoms with Crippen LogP contribution in [0.1, 0.15) is 10.4 Å². The molecule has 0 saturated carbocycles. The maximum Gasteiger partial charge on any atom is 0.343 e. The Morgan fingerprint density at radius 1 is 1.11 bits per heavy atom. The average molecular weight is 412 g/mol. The predicted molar refractivity (Wildman–Crippen MR) is 96.6 cm³/mol. The molecule has 0 saturated heterocycles. The molecule has 2 aromatic carbocycles. The van der Waals surface area contributed by atoms with Gasteiger partial charge in [-0.25, -0.2) is 18.0 Å². The summed E-state index contributed by atoms with van der Waals surface area (Å²) in [5, 5.41) is -0.523. The van der Waals surface area contributed by atoms with E-state index in [4.69, 9.17) is 21.1 Å². The molecule has 9 heteroatoms. The van der Waals surface area contributed by atoms with Crippen molar-refractivity contribution in [2.24, 2.45) is 0 Å². The summed E-state index contributed by atoms with van der Waals surface area (Å²) in [4.78, 5) is 25.0. The van der Waals surface area contributed by atoms with Gasteiger partial charge in [0.2, 0.25) is 5.43 Å². The monoisotopic (exact) mass is 411 g/mol. The van der Waals surface area contributed by atoms with Gasteiger partial charge in [0.15, 0.2) is 0 Å². The van der Waals surface area contributed by atoms with Crippen LogP contribution in [-0.4, -0.2) is 30.9 Å². The second-order valence-corrected chi connectivity index (χ2v) is 6.16. The van der Waals surface area contributed by atoms with E-state index in [0.29, 0.717) is 6.07 Å². The van der Waals surface area contributed by atoms with E-state index in [2.05, 4.69) is 0 Å². The lowest BCUT2D eigenvalue weighted by Crippen LogP contribution is -2.22. The van der Waals surface area contributed by atoms with Crippen molar-refractivity contribution >= 4 is 28.5 Å². The molecule has 0 fully saturated rings. The second-order valence-electron chi connectivity index (χ2n) is 5.75. The van der Waals surface area contributed by atoms with E-state index in [1.165, 1.54) is 7.11 Å². The van der Waals surface area contributed by atoms with Gasteiger partial charge in [0, 0.05) is 24.8 Å². The number of nitrogens with zero attached hydrogens (tertiary/aromatic N) is 1. The van der Waals surface area contributed by atoms with E-state index >= 15 is 0 Å². The molecule has 28 heavy (non-hydrogen) atoms. The lowest BCUT2D eigenvalue weighted by atomic mass is 10.1. The summed E-state index contributed by atoms with van der Waals surface area (Å²) >= 11 is 5.80. The summed E-state index contributed by atoms with van der Waals surface area (Å²) in [6, 6.07) is 4.73. The highest BCUT2D eigenvalue weighted by atomic mass is 35.5. The van der Waals surface area contributed by atoms with Crippen LogP contribution in [0.4, 0.5) is 13.2 Å². The summed E-state index contributed by atoms with van der Waals surface area (Å²) in [5.74, 6) is -3.64. The molecule has 5 nitrogen and oxygen atoms in total. The minimum Gasteiger partial charge on any atom is -0.459 e. The molecule has 1 heterocycles. The highest BCUT2D eigenvalue weighted by molar-refractivity contribution is 6.31. The van der Waals surface area contributed by atoms with Crippen LogP contribution in [0.25, 0.3) is 16.6 Å². The minimum atomic E-state index is -0.990. The van der Waals surface area contributed by atoms with E-state index < -0.39 is 34.4 Å². The zero-order valence-corrected chi connectivity index (χ0v) is 15.2. The number of carbonyl (C=O) groups is 1. The number of pyridine rings is 1. The molecular weight excluding hydrogens is 399 g/mol. The van der Waals surface area contributed by atoms with E-state index in [1.807, 2.05) is 0 Å². The Morgan fingerprint density at radius 3 is 2.54 bits per heavy atom. The molecule has 0 aliphatic carbocycles. The number of esters is 1. The Bertz CT molecular complexity index is 1130. The van der Waals surface area contributed by atoms with Gasteiger partial charge in [0.05, 0.1) is 22.8 Å². The molecule has 0 aliphatic rings. The van der Waals surface area contributed by atoms with Gasteiger partial charge in [0.25, 0.3) is 0 Å². The van der Waals surface area contributed by atoms with Crippen molar-refractivity contribution in [1.82, 2.24) is 4.57 Å². The second kappa shape index (κ2) is 8.04. The number of carbonyl (C=O) groups excluding carboxylic acids is 1. The number of halogens is 4. The smallest absolute Gasteiger partial charge is 0.343 e. The van der Waals surface area contributed by atoms with Crippen molar-refractivity contribution < 1.29 is 27.4 Å². The molecule has 3 aromatic rings. The number of rotatable bonds is 5. The van der Waals surface area contributed by atoms with Gasteiger partial charge in [-0.05, 0) is 24.3 Å². The van der Waals surface area contributed by atoms with Crippen molar-refractivity contribution in [1.29, 1.82) is 0 Å². The molecule has 146 valence electrons. The van der Waals surface area contributed by atoms with Gasteiger partial charge < -0.3 is 14.0 Å². The first-order chi connectivity index (χ1) is 13.3. The molecule has 0 amide bonds. The zero-order valence-electron chi connectivity index (χ0n) is 14.5. The molecule has 1 aromatic heterocycles. The van der Waals surface area contributed by atoms with Crippen molar-refractivity contribution in [3.05, 3.63) is 74.8 Å². The first kappa shape index (κ1) is 19.9. The fourth-order valence-corrected chi connectivity index (χ4v) is 2.79. The normalized spacial score (nSPS) is 11.0. The van der Waals surface area contributed by atoms with Crippen LogP contribution in [-0.2, 0) is 9.47 Å². The maximum atomic E-state index is 14.3. The summed E-state index contributed by atoms with van der Waals surface area (Å²) in [6.45, 7) is -0.0168. The molecule has 0 bridgehead atoms. The third-order valence-electron chi connectivity index (χ3n) is 3.96. The number of aromatic nitrogens is 1. The van der Waals surface area contributed by atoms with Crippen LogP contribution in [0.3, 0.4) is 0 Å². The van der Waals surface area contributed by atoms with E-state index in [1.54, 1.807) is 0 Å². The van der Waals surface area contributed by atoms with Crippen molar-refractivity contribution in [3.8, 4) is 5.69 Å². The van der Waals surface area contributed by atoms with Gasteiger partial charge >= 0.3 is 5.97 Å². The predicted octanol–water partition coefficient (Wildman–Crippen LogP) is 3.86. The van der Waals surface area contributed by atoms with Crippen LogP contribution in [0.5, 0.6) is 0 Å². The van der Waals surface area contributed by atoms with Gasteiger partial charge in [-0.15, -0.1) is 0 Å². The van der Waals surface area contributed by atoms with Crippen molar-refractivity contribution in [2.75, 3.05) is 20.3 Å². The summed E-state index contributed by atoms with van der Waals surface area (Å²) in [7, 11) is 1.40.